The van der Waals surface area contributed by atoms with E-state index >= 15 is 0 Å². The molecule has 0 atom stereocenters. The van der Waals surface area contributed by atoms with E-state index in [1.54, 1.807) is 41.5 Å². The molecule has 0 aliphatic carbocycles. The van der Waals surface area contributed by atoms with E-state index in [0.717, 1.165) is 11.3 Å². The number of hydrogen-bond acceptors (Lipinski definition) is 3. The molecule has 2 aromatic carbocycles. The highest BCUT2D eigenvalue weighted by atomic mass is 35.5. The molecule has 0 fully saturated rings. The van der Waals surface area contributed by atoms with Gasteiger partial charge in [0, 0.05) is 42.8 Å². The molecule has 0 saturated heterocycles. The van der Waals surface area contributed by atoms with Crippen LogP contribution in [-0.4, -0.2) is 29.4 Å². The highest BCUT2D eigenvalue weighted by Crippen LogP contribution is 2.26. The molecule has 1 aromatic heterocycles. The Kier molecular flexibility index (Phi) is 5.45. The zero-order valence-electron chi connectivity index (χ0n) is 14.4. The molecule has 3 rings (SSSR count). The number of halogens is 2. The van der Waals surface area contributed by atoms with Crippen LogP contribution in [0, 0.1) is 0 Å². The lowest BCUT2D eigenvalue weighted by Gasteiger charge is -2.13. The van der Waals surface area contributed by atoms with Gasteiger partial charge in [0.05, 0.1) is 17.0 Å². The highest BCUT2D eigenvalue weighted by Gasteiger charge is 2.17. The van der Waals surface area contributed by atoms with E-state index in [2.05, 4.69) is 4.98 Å². The third-order valence-electron chi connectivity index (χ3n) is 3.90. The minimum atomic E-state index is -0.207. The van der Waals surface area contributed by atoms with E-state index in [4.69, 9.17) is 23.2 Å². The molecule has 0 spiro atoms. The normalized spacial score (nSPS) is 11.5. The van der Waals surface area contributed by atoms with Crippen molar-refractivity contribution >= 4 is 46.4 Å². The van der Waals surface area contributed by atoms with E-state index in [-0.39, 0.29) is 5.78 Å². The summed E-state index contributed by atoms with van der Waals surface area (Å²) in [7, 11) is 3.96. The van der Waals surface area contributed by atoms with Gasteiger partial charge in [0.15, 0.2) is 0 Å². The second-order valence-corrected chi connectivity index (χ2v) is 6.78. The largest absolute Gasteiger partial charge is 0.378 e. The lowest BCUT2D eigenvalue weighted by molar-refractivity contribution is 0.105. The number of carbonyl (C=O) groups excluding carboxylic acids is 1. The molecule has 4 nitrogen and oxygen atoms in total. The van der Waals surface area contributed by atoms with Crippen molar-refractivity contribution in [3.05, 3.63) is 82.4 Å². The predicted molar refractivity (Wildman–Crippen MR) is 108 cm³/mol. The summed E-state index contributed by atoms with van der Waals surface area (Å²) in [6.07, 6.45) is 6.75. The quantitative estimate of drug-likeness (QED) is 0.450. The zero-order valence-corrected chi connectivity index (χ0v) is 15.9. The molecule has 3 aromatic rings. The number of aromatic nitrogens is 2. The van der Waals surface area contributed by atoms with Crippen LogP contribution in [0.15, 0.2) is 61.2 Å². The van der Waals surface area contributed by atoms with Gasteiger partial charge in [-0.3, -0.25) is 4.79 Å². The van der Waals surface area contributed by atoms with Crippen molar-refractivity contribution in [2.24, 2.45) is 0 Å². The number of rotatable bonds is 5. The fourth-order valence-electron chi connectivity index (χ4n) is 2.50. The Hall–Kier alpha value is -2.56. The van der Waals surface area contributed by atoms with Gasteiger partial charge < -0.3 is 9.47 Å². The van der Waals surface area contributed by atoms with Crippen molar-refractivity contribution in [1.29, 1.82) is 0 Å². The van der Waals surface area contributed by atoms with E-state index in [1.165, 1.54) is 0 Å². The monoisotopic (exact) mass is 385 g/mol. The summed E-state index contributed by atoms with van der Waals surface area (Å²) in [4.78, 5) is 19.2. The van der Waals surface area contributed by atoms with Crippen LogP contribution in [-0.2, 0) is 0 Å². The SMILES string of the molecule is CN(C)c1ccc(/C=C(/C(=O)c2ccc(Cl)cc2Cl)n2ccnc2)cc1. The molecule has 0 saturated carbocycles. The Morgan fingerprint density at radius 1 is 1.12 bits per heavy atom. The highest BCUT2D eigenvalue weighted by molar-refractivity contribution is 6.40. The van der Waals surface area contributed by atoms with Gasteiger partial charge in [-0.05, 0) is 42.0 Å². The van der Waals surface area contributed by atoms with Crippen molar-refractivity contribution in [2.45, 2.75) is 0 Å². The van der Waals surface area contributed by atoms with Crippen molar-refractivity contribution in [3.63, 3.8) is 0 Å². The van der Waals surface area contributed by atoms with Gasteiger partial charge in [-0.15, -0.1) is 0 Å². The molecule has 0 radical (unpaired) electrons. The number of allylic oxidation sites excluding steroid dienone is 1. The number of ketones is 1. The average molecular weight is 386 g/mol. The molecule has 0 unspecified atom stereocenters. The molecule has 1 heterocycles. The maximum absolute atomic E-state index is 13.1. The van der Waals surface area contributed by atoms with Crippen molar-refractivity contribution in [3.8, 4) is 0 Å². The van der Waals surface area contributed by atoms with Crippen LogP contribution in [0.25, 0.3) is 11.8 Å². The minimum Gasteiger partial charge on any atom is -0.378 e. The van der Waals surface area contributed by atoms with Crippen LogP contribution in [0.4, 0.5) is 5.69 Å². The molecule has 0 aliphatic rings. The summed E-state index contributed by atoms with van der Waals surface area (Å²) >= 11 is 12.2. The van der Waals surface area contributed by atoms with Crippen molar-refractivity contribution < 1.29 is 4.79 Å². The fraction of sp³-hybridized carbons (Fsp3) is 0.100. The number of Topliss-reactive ketones (excluding diaryl/α,β-unsaturated/α-hetero) is 1. The van der Waals surface area contributed by atoms with Crippen LogP contribution in [0.3, 0.4) is 0 Å². The summed E-state index contributed by atoms with van der Waals surface area (Å²) in [5.74, 6) is -0.207. The van der Waals surface area contributed by atoms with Crippen LogP contribution < -0.4 is 4.90 Å². The van der Waals surface area contributed by atoms with E-state index in [0.29, 0.717) is 21.3 Å². The maximum Gasteiger partial charge on any atom is 0.211 e. The molecule has 6 heteroatoms. The maximum atomic E-state index is 13.1. The minimum absolute atomic E-state index is 0.207. The fourth-order valence-corrected chi connectivity index (χ4v) is 2.99. The number of anilines is 1. The molecule has 132 valence electrons. The number of carbonyl (C=O) groups is 1. The first-order valence-corrected chi connectivity index (χ1v) is 8.68. The first-order chi connectivity index (χ1) is 12.5. The Bertz CT molecular complexity index is 946. The molecular weight excluding hydrogens is 369 g/mol. The Labute approximate surface area is 162 Å². The molecule has 0 aliphatic heterocycles. The summed E-state index contributed by atoms with van der Waals surface area (Å²) < 4.78 is 1.67. The second kappa shape index (κ2) is 7.77. The number of imidazole rings is 1. The van der Waals surface area contributed by atoms with E-state index < -0.39 is 0 Å². The van der Waals surface area contributed by atoms with E-state index in [1.807, 2.05) is 49.3 Å². The Morgan fingerprint density at radius 2 is 1.85 bits per heavy atom. The molecule has 0 N–H and O–H groups in total. The number of hydrogen-bond donors (Lipinski definition) is 0. The average Bonchev–Trinajstić information content (AvgIpc) is 3.14. The number of nitrogens with zero attached hydrogens (tertiary/aromatic N) is 3. The van der Waals surface area contributed by atoms with Gasteiger partial charge >= 0.3 is 0 Å². The Balaban J connectivity index is 2.04. The molecular formula is C20H17Cl2N3O. The lowest BCUT2D eigenvalue weighted by atomic mass is 10.1. The van der Waals surface area contributed by atoms with Gasteiger partial charge in [-0.1, -0.05) is 35.3 Å². The van der Waals surface area contributed by atoms with Gasteiger partial charge in [-0.25, -0.2) is 4.98 Å². The number of benzene rings is 2. The zero-order chi connectivity index (χ0) is 18.7. The van der Waals surface area contributed by atoms with Crippen LogP contribution in [0.1, 0.15) is 15.9 Å². The second-order valence-electron chi connectivity index (χ2n) is 5.94. The summed E-state index contributed by atoms with van der Waals surface area (Å²) in [6.45, 7) is 0. The van der Waals surface area contributed by atoms with Crippen LogP contribution in [0.2, 0.25) is 10.0 Å². The lowest BCUT2D eigenvalue weighted by Crippen LogP contribution is -2.09. The third-order valence-corrected chi connectivity index (χ3v) is 4.45. The Morgan fingerprint density at radius 3 is 2.42 bits per heavy atom. The van der Waals surface area contributed by atoms with Crippen LogP contribution in [0.5, 0.6) is 0 Å². The first kappa shape index (κ1) is 18.2. The standard InChI is InChI=1S/C20H17Cl2N3O/c1-24(2)16-6-3-14(4-7-16)11-19(25-10-9-23-13-25)20(26)17-8-5-15(21)12-18(17)22/h3-13H,1-2H3/b19-11-. The van der Waals surface area contributed by atoms with Crippen LogP contribution >= 0.6 is 23.2 Å². The molecule has 0 bridgehead atoms. The van der Waals surface area contributed by atoms with Gasteiger partial charge in [0.2, 0.25) is 5.78 Å². The summed E-state index contributed by atoms with van der Waals surface area (Å²) in [6, 6.07) is 12.8. The summed E-state index contributed by atoms with van der Waals surface area (Å²) in [5, 5.41) is 0.801. The predicted octanol–water partition coefficient (Wildman–Crippen LogP) is 5.14. The molecule has 0 amide bonds. The summed E-state index contributed by atoms with van der Waals surface area (Å²) in [5.41, 5.74) is 2.82. The van der Waals surface area contributed by atoms with Crippen molar-refractivity contribution in [2.75, 3.05) is 19.0 Å². The smallest absolute Gasteiger partial charge is 0.211 e. The van der Waals surface area contributed by atoms with E-state index in [9.17, 15) is 4.79 Å². The first-order valence-electron chi connectivity index (χ1n) is 7.93. The van der Waals surface area contributed by atoms with Gasteiger partial charge in [0.1, 0.15) is 0 Å². The van der Waals surface area contributed by atoms with Gasteiger partial charge in [-0.2, -0.15) is 0 Å². The van der Waals surface area contributed by atoms with Crippen molar-refractivity contribution in [1.82, 2.24) is 9.55 Å². The van der Waals surface area contributed by atoms with Gasteiger partial charge in [0.25, 0.3) is 0 Å². The molecule has 26 heavy (non-hydrogen) atoms. The topological polar surface area (TPSA) is 38.1 Å². The third kappa shape index (κ3) is 3.98.